The number of hydrogen-bond acceptors (Lipinski definition) is 7. The second-order valence-corrected chi connectivity index (χ2v) is 7.64. The highest BCUT2D eigenvalue weighted by Gasteiger charge is 2.28. The van der Waals surface area contributed by atoms with Crippen molar-refractivity contribution in [2.24, 2.45) is 4.99 Å². The number of benzene rings is 1. The Morgan fingerprint density at radius 2 is 2.06 bits per heavy atom. The monoisotopic (exact) mass is 449 g/mol. The lowest BCUT2D eigenvalue weighted by atomic mass is 10.1. The van der Waals surface area contributed by atoms with Crippen molar-refractivity contribution >= 4 is 22.6 Å². The number of allylic oxidation sites excluding steroid dienone is 1. The minimum Gasteiger partial charge on any atom is -0.436 e. The molecule has 0 unspecified atom stereocenters. The Balaban J connectivity index is 1.61. The molecule has 168 valence electrons. The molecule has 0 saturated carbocycles. The van der Waals surface area contributed by atoms with Crippen LogP contribution in [0.1, 0.15) is 21.6 Å². The molecule has 1 aromatic carbocycles. The van der Waals surface area contributed by atoms with E-state index in [0.717, 1.165) is 0 Å². The van der Waals surface area contributed by atoms with Crippen molar-refractivity contribution in [2.75, 3.05) is 6.79 Å². The van der Waals surface area contributed by atoms with Crippen LogP contribution in [0.25, 0.3) is 11.0 Å². The molecule has 1 aliphatic heterocycles. The van der Waals surface area contributed by atoms with Crippen molar-refractivity contribution in [3.63, 3.8) is 0 Å². The van der Waals surface area contributed by atoms with E-state index in [9.17, 15) is 14.3 Å². The fourth-order valence-electron chi connectivity index (χ4n) is 3.70. The van der Waals surface area contributed by atoms with Crippen LogP contribution in [0.3, 0.4) is 0 Å². The zero-order chi connectivity index (χ0) is 22.9. The van der Waals surface area contributed by atoms with Crippen molar-refractivity contribution in [1.29, 1.82) is 0 Å². The smallest absolute Gasteiger partial charge is 0.261 e. The van der Waals surface area contributed by atoms with E-state index in [-0.39, 0.29) is 36.7 Å². The summed E-state index contributed by atoms with van der Waals surface area (Å²) in [5, 5.41) is 13.1. The highest BCUT2D eigenvalue weighted by atomic mass is 19.1. The van der Waals surface area contributed by atoms with E-state index in [1.165, 1.54) is 30.5 Å². The van der Waals surface area contributed by atoms with Gasteiger partial charge in [-0.25, -0.2) is 9.38 Å². The fourth-order valence-corrected chi connectivity index (χ4v) is 3.70. The molecule has 9 heteroatoms. The molecular formula is C24H20FN3O5. The first-order chi connectivity index (χ1) is 16.0. The Labute approximate surface area is 187 Å². The number of aliphatic hydroxyl groups is 1. The minimum absolute atomic E-state index is 0.0327. The van der Waals surface area contributed by atoms with Gasteiger partial charge in [-0.3, -0.25) is 9.78 Å². The summed E-state index contributed by atoms with van der Waals surface area (Å²) < 4.78 is 30.2. The maximum Gasteiger partial charge on any atom is 0.261 e. The number of aromatic nitrogens is 1. The molecule has 2 N–H and O–H groups in total. The Morgan fingerprint density at radius 3 is 2.85 bits per heavy atom. The molecule has 2 atom stereocenters. The van der Waals surface area contributed by atoms with Crippen molar-refractivity contribution in [3.05, 3.63) is 88.6 Å². The summed E-state index contributed by atoms with van der Waals surface area (Å²) in [5.74, 6) is -0.865. The SMILES string of the molecule is Cc1ncc(CO)c2cc(C(=O)NC3=C[C@@H]4OCO[C@H]4C=C3)c(=Nc3ccc(F)cc3)oc12. The second kappa shape index (κ2) is 8.70. The lowest BCUT2D eigenvalue weighted by Gasteiger charge is -2.17. The molecule has 0 radical (unpaired) electrons. The first-order valence-electron chi connectivity index (χ1n) is 10.3. The summed E-state index contributed by atoms with van der Waals surface area (Å²) in [7, 11) is 0. The first-order valence-corrected chi connectivity index (χ1v) is 10.3. The van der Waals surface area contributed by atoms with Crippen molar-refractivity contribution in [1.82, 2.24) is 10.3 Å². The third-order valence-electron chi connectivity index (χ3n) is 5.44. The number of ether oxygens (including phenoxy) is 2. The van der Waals surface area contributed by atoms with Crippen LogP contribution in [-0.2, 0) is 16.1 Å². The number of amides is 1. The standard InChI is InChI=1S/C24H20FN3O5/c1-13-22-18(14(11-29)10-26-13)9-19(24(33-22)28-16-4-2-15(25)3-5-16)23(30)27-17-6-7-20-21(8-17)32-12-31-20/h2-10,20-21,29H,11-12H2,1H3,(H,27,30)/t20-,21-/m0/s1. The highest BCUT2D eigenvalue weighted by Crippen LogP contribution is 2.23. The predicted octanol–water partition coefficient (Wildman–Crippen LogP) is 2.93. The average molecular weight is 449 g/mol. The van der Waals surface area contributed by atoms with Gasteiger partial charge in [0.05, 0.1) is 18.0 Å². The van der Waals surface area contributed by atoms with E-state index in [1.807, 2.05) is 6.08 Å². The summed E-state index contributed by atoms with van der Waals surface area (Å²) in [6, 6.07) is 7.12. The van der Waals surface area contributed by atoms with Crippen molar-refractivity contribution in [3.8, 4) is 0 Å². The Bertz CT molecular complexity index is 1360. The largest absolute Gasteiger partial charge is 0.436 e. The third kappa shape index (κ3) is 4.21. The zero-order valence-corrected chi connectivity index (χ0v) is 17.6. The lowest BCUT2D eigenvalue weighted by Crippen LogP contribution is -2.31. The molecule has 3 heterocycles. The molecule has 2 aromatic heterocycles. The van der Waals surface area contributed by atoms with E-state index in [1.54, 1.807) is 25.1 Å². The molecule has 1 amide bonds. The maximum atomic E-state index is 13.3. The molecule has 8 nitrogen and oxygen atoms in total. The Hall–Kier alpha value is -3.66. The summed E-state index contributed by atoms with van der Waals surface area (Å²) in [6.45, 7) is 1.67. The van der Waals surface area contributed by atoms with Gasteiger partial charge in [0.25, 0.3) is 5.91 Å². The van der Waals surface area contributed by atoms with Crippen LogP contribution in [0.2, 0.25) is 0 Å². The molecule has 0 spiro atoms. The minimum atomic E-state index is -0.465. The number of hydrogen-bond donors (Lipinski definition) is 2. The van der Waals surface area contributed by atoms with Crippen LogP contribution < -0.4 is 10.9 Å². The third-order valence-corrected chi connectivity index (χ3v) is 5.44. The average Bonchev–Trinajstić information content (AvgIpc) is 3.29. The number of aliphatic hydroxyl groups excluding tert-OH is 1. The van der Waals surface area contributed by atoms with E-state index < -0.39 is 11.7 Å². The highest BCUT2D eigenvalue weighted by molar-refractivity contribution is 5.98. The fraction of sp³-hybridized carbons (Fsp3) is 0.208. The number of carbonyl (C=O) groups is 1. The summed E-state index contributed by atoms with van der Waals surface area (Å²) in [5.41, 5.74) is 2.62. The van der Waals surface area contributed by atoms with Gasteiger partial charge in [0, 0.05) is 22.8 Å². The van der Waals surface area contributed by atoms with Crippen LogP contribution >= 0.6 is 0 Å². The lowest BCUT2D eigenvalue weighted by molar-refractivity contribution is 0.0503. The van der Waals surface area contributed by atoms with Crippen LogP contribution in [0, 0.1) is 12.7 Å². The summed E-state index contributed by atoms with van der Waals surface area (Å²) in [6.07, 6.45) is 6.43. The quantitative estimate of drug-likeness (QED) is 0.635. The van der Waals surface area contributed by atoms with E-state index in [2.05, 4.69) is 15.3 Å². The van der Waals surface area contributed by atoms with Gasteiger partial charge >= 0.3 is 0 Å². The van der Waals surface area contributed by atoms with Gasteiger partial charge in [-0.2, -0.15) is 0 Å². The number of halogens is 1. The molecule has 1 aliphatic carbocycles. The second-order valence-electron chi connectivity index (χ2n) is 7.64. The van der Waals surface area contributed by atoms with E-state index in [0.29, 0.717) is 33.6 Å². The van der Waals surface area contributed by atoms with Crippen LogP contribution in [0.5, 0.6) is 0 Å². The van der Waals surface area contributed by atoms with Gasteiger partial charge in [0.1, 0.15) is 30.4 Å². The Kier molecular flexibility index (Phi) is 5.59. The number of nitrogens with one attached hydrogen (secondary N) is 1. The van der Waals surface area contributed by atoms with Crippen LogP contribution in [0.4, 0.5) is 10.1 Å². The maximum absolute atomic E-state index is 13.3. The molecule has 1 saturated heterocycles. The number of nitrogens with zero attached hydrogens (tertiary/aromatic N) is 2. The molecule has 0 bridgehead atoms. The topological polar surface area (TPSA) is 106 Å². The Morgan fingerprint density at radius 1 is 1.27 bits per heavy atom. The van der Waals surface area contributed by atoms with Gasteiger partial charge in [0.15, 0.2) is 5.58 Å². The molecule has 2 aliphatic rings. The number of rotatable bonds is 4. The zero-order valence-electron chi connectivity index (χ0n) is 17.6. The van der Waals surface area contributed by atoms with E-state index >= 15 is 0 Å². The number of carbonyl (C=O) groups excluding carboxylic acids is 1. The normalized spacial score (nSPS) is 20.1. The summed E-state index contributed by atoms with van der Waals surface area (Å²) in [4.78, 5) is 22.0. The predicted molar refractivity (Wildman–Crippen MR) is 116 cm³/mol. The molecule has 3 aromatic rings. The van der Waals surface area contributed by atoms with Crippen LogP contribution in [-0.4, -0.2) is 35.0 Å². The summed E-state index contributed by atoms with van der Waals surface area (Å²) >= 11 is 0. The van der Waals surface area contributed by atoms with Gasteiger partial charge in [-0.15, -0.1) is 0 Å². The van der Waals surface area contributed by atoms with Gasteiger partial charge in [-0.05, 0) is 49.4 Å². The number of fused-ring (bicyclic) bond motifs is 2. The number of pyridine rings is 1. The van der Waals surface area contributed by atoms with Crippen molar-refractivity contribution in [2.45, 2.75) is 25.7 Å². The van der Waals surface area contributed by atoms with Gasteiger partial charge in [0.2, 0.25) is 5.55 Å². The van der Waals surface area contributed by atoms with Gasteiger partial charge in [-0.1, -0.05) is 6.08 Å². The number of aryl methyl sites for hydroxylation is 1. The molecule has 1 fully saturated rings. The van der Waals surface area contributed by atoms with Crippen LogP contribution in [0.15, 0.2) is 69.9 Å². The first kappa shape index (κ1) is 21.2. The molecule has 33 heavy (non-hydrogen) atoms. The molecule has 5 rings (SSSR count). The van der Waals surface area contributed by atoms with Gasteiger partial charge < -0.3 is 24.3 Å². The van der Waals surface area contributed by atoms with E-state index in [4.69, 9.17) is 13.9 Å². The molecular weight excluding hydrogens is 429 g/mol. The van der Waals surface area contributed by atoms with Crippen molar-refractivity contribution < 1.29 is 28.2 Å².